The van der Waals surface area contributed by atoms with Crippen LogP contribution in [0.25, 0.3) is 10.2 Å². The van der Waals surface area contributed by atoms with Crippen LogP contribution in [0.4, 0.5) is 0 Å². The average molecular weight is 302 g/mol. The number of benzene rings is 1. The zero-order chi connectivity index (χ0) is 14.5. The van der Waals surface area contributed by atoms with Crippen LogP contribution in [-0.4, -0.2) is 18.1 Å². The molecule has 1 saturated carbocycles. The summed E-state index contributed by atoms with van der Waals surface area (Å²) < 4.78 is 1.32. The first-order valence-corrected chi connectivity index (χ1v) is 9.18. The van der Waals surface area contributed by atoms with Crippen molar-refractivity contribution in [1.82, 2.24) is 10.3 Å². The molecule has 0 bridgehead atoms. The molecule has 2 nitrogen and oxygen atoms in total. The van der Waals surface area contributed by atoms with Crippen molar-refractivity contribution < 1.29 is 0 Å². The van der Waals surface area contributed by atoms with Crippen molar-refractivity contribution in [2.24, 2.45) is 5.92 Å². The molecule has 1 aliphatic rings. The Labute approximate surface area is 132 Å². The van der Waals surface area contributed by atoms with Gasteiger partial charge < -0.3 is 5.32 Å². The van der Waals surface area contributed by atoms with E-state index < -0.39 is 0 Å². The van der Waals surface area contributed by atoms with Gasteiger partial charge in [-0.05, 0) is 31.5 Å². The first kappa shape index (κ1) is 15.0. The average Bonchev–Trinajstić information content (AvgIpc) is 2.73. The topological polar surface area (TPSA) is 24.9 Å². The number of nitrogens with one attached hydrogen (secondary N) is 1. The molecule has 1 fully saturated rings. The molecule has 2 aromatic rings. The number of aromatic nitrogens is 1. The van der Waals surface area contributed by atoms with Crippen LogP contribution in [0.3, 0.4) is 0 Å². The predicted molar refractivity (Wildman–Crippen MR) is 92.0 cm³/mol. The molecule has 0 spiro atoms. The van der Waals surface area contributed by atoms with E-state index in [1.165, 1.54) is 54.7 Å². The minimum absolute atomic E-state index is 0.577. The fourth-order valence-corrected chi connectivity index (χ4v) is 4.57. The number of para-hydroxylation sites is 1. The Balaban J connectivity index is 1.63. The quantitative estimate of drug-likeness (QED) is 0.803. The molecular weight excluding hydrogens is 276 g/mol. The van der Waals surface area contributed by atoms with E-state index >= 15 is 0 Å². The predicted octanol–water partition coefficient (Wildman–Crippen LogP) is 4.79. The summed E-state index contributed by atoms with van der Waals surface area (Å²) in [5.41, 5.74) is 1.15. The lowest BCUT2D eigenvalue weighted by Crippen LogP contribution is -2.30. The highest BCUT2D eigenvalue weighted by atomic mass is 32.1. The molecule has 1 unspecified atom stereocenters. The van der Waals surface area contributed by atoms with Crippen LogP contribution in [0, 0.1) is 5.92 Å². The number of likely N-dealkylation sites (N-methyl/N-ethyl adjacent to an activating group) is 1. The summed E-state index contributed by atoms with van der Waals surface area (Å²) in [7, 11) is 2.11. The maximum atomic E-state index is 4.79. The summed E-state index contributed by atoms with van der Waals surface area (Å²) >= 11 is 1.86. The third-order valence-electron chi connectivity index (χ3n) is 4.76. The second kappa shape index (κ2) is 7.37. The Morgan fingerprint density at radius 2 is 1.95 bits per heavy atom. The van der Waals surface area contributed by atoms with Crippen LogP contribution in [-0.2, 0) is 6.42 Å². The zero-order valence-corrected chi connectivity index (χ0v) is 13.8. The molecule has 1 aromatic carbocycles. The van der Waals surface area contributed by atoms with E-state index in [2.05, 4.69) is 36.6 Å². The summed E-state index contributed by atoms with van der Waals surface area (Å²) in [5, 5.41) is 4.81. The number of nitrogens with zero attached hydrogens (tertiary/aromatic N) is 1. The molecule has 114 valence electrons. The van der Waals surface area contributed by atoms with Gasteiger partial charge in [-0.15, -0.1) is 11.3 Å². The molecule has 1 atom stereocenters. The van der Waals surface area contributed by atoms with Crippen molar-refractivity contribution in [3.8, 4) is 0 Å². The molecule has 0 amide bonds. The largest absolute Gasteiger partial charge is 0.317 e. The Morgan fingerprint density at radius 3 is 2.67 bits per heavy atom. The van der Waals surface area contributed by atoms with Gasteiger partial charge in [-0.3, -0.25) is 0 Å². The van der Waals surface area contributed by atoms with Crippen LogP contribution in [0.15, 0.2) is 24.3 Å². The molecule has 21 heavy (non-hydrogen) atoms. The molecule has 0 saturated heterocycles. The number of fused-ring (bicyclic) bond motifs is 1. The lowest BCUT2D eigenvalue weighted by atomic mass is 9.91. The standard InChI is InChI=1S/C18H26N2S/c1-19-15(12-14-8-4-2-3-5-9-14)13-18-20-16-10-6-7-11-17(16)21-18/h6-7,10-11,14-15,19H,2-5,8-9,12-13H2,1H3. The van der Waals surface area contributed by atoms with Gasteiger partial charge in [0.2, 0.25) is 0 Å². The van der Waals surface area contributed by atoms with Gasteiger partial charge in [0.15, 0.2) is 0 Å². The van der Waals surface area contributed by atoms with Crippen molar-refractivity contribution in [1.29, 1.82) is 0 Å². The smallest absolute Gasteiger partial charge is 0.0954 e. The lowest BCUT2D eigenvalue weighted by molar-refractivity contribution is 0.361. The first-order chi connectivity index (χ1) is 10.3. The fraction of sp³-hybridized carbons (Fsp3) is 0.611. The summed E-state index contributed by atoms with van der Waals surface area (Å²) in [6.07, 6.45) is 11.0. The van der Waals surface area contributed by atoms with E-state index in [-0.39, 0.29) is 0 Å². The van der Waals surface area contributed by atoms with E-state index in [1.54, 1.807) is 0 Å². The first-order valence-electron chi connectivity index (χ1n) is 8.37. The van der Waals surface area contributed by atoms with E-state index in [4.69, 9.17) is 4.98 Å². The van der Waals surface area contributed by atoms with Crippen LogP contribution < -0.4 is 5.32 Å². The Hall–Kier alpha value is -0.930. The Kier molecular flexibility index (Phi) is 5.26. The van der Waals surface area contributed by atoms with Gasteiger partial charge in [0, 0.05) is 12.5 Å². The highest BCUT2D eigenvalue weighted by molar-refractivity contribution is 7.18. The van der Waals surface area contributed by atoms with Crippen LogP contribution >= 0.6 is 11.3 Å². The summed E-state index contributed by atoms with van der Waals surface area (Å²) in [6, 6.07) is 9.05. The van der Waals surface area contributed by atoms with E-state index in [9.17, 15) is 0 Å². The van der Waals surface area contributed by atoms with Crippen molar-refractivity contribution >= 4 is 21.6 Å². The van der Waals surface area contributed by atoms with E-state index in [0.29, 0.717) is 6.04 Å². The maximum absolute atomic E-state index is 4.79. The fourth-order valence-electron chi connectivity index (χ4n) is 3.52. The Morgan fingerprint density at radius 1 is 1.19 bits per heavy atom. The second-order valence-electron chi connectivity index (χ2n) is 6.36. The third kappa shape index (κ3) is 4.04. The van der Waals surface area contributed by atoms with Gasteiger partial charge in [-0.1, -0.05) is 50.7 Å². The van der Waals surface area contributed by atoms with Gasteiger partial charge >= 0.3 is 0 Å². The van der Waals surface area contributed by atoms with Crippen molar-refractivity contribution in [2.45, 2.75) is 57.4 Å². The van der Waals surface area contributed by atoms with Gasteiger partial charge in [-0.25, -0.2) is 4.98 Å². The molecule has 1 N–H and O–H groups in total. The molecule has 3 heteroatoms. The van der Waals surface area contributed by atoms with Crippen LogP contribution in [0.1, 0.15) is 50.0 Å². The number of rotatable bonds is 5. The zero-order valence-electron chi connectivity index (χ0n) is 13.0. The van der Waals surface area contributed by atoms with Crippen LogP contribution in [0.2, 0.25) is 0 Å². The van der Waals surface area contributed by atoms with Crippen molar-refractivity contribution in [2.75, 3.05) is 7.05 Å². The molecule has 3 rings (SSSR count). The van der Waals surface area contributed by atoms with Gasteiger partial charge in [0.05, 0.1) is 15.2 Å². The van der Waals surface area contributed by atoms with Crippen molar-refractivity contribution in [3.63, 3.8) is 0 Å². The molecule has 0 aliphatic heterocycles. The third-order valence-corrected chi connectivity index (χ3v) is 5.82. The highest BCUT2D eigenvalue weighted by Gasteiger charge is 2.18. The number of hydrogen-bond donors (Lipinski definition) is 1. The van der Waals surface area contributed by atoms with E-state index in [0.717, 1.165) is 17.9 Å². The number of hydrogen-bond acceptors (Lipinski definition) is 3. The summed E-state index contributed by atoms with van der Waals surface area (Å²) in [4.78, 5) is 4.79. The van der Waals surface area contributed by atoms with Gasteiger partial charge in [0.1, 0.15) is 0 Å². The molecule has 1 aliphatic carbocycles. The minimum atomic E-state index is 0.577. The second-order valence-corrected chi connectivity index (χ2v) is 7.47. The minimum Gasteiger partial charge on any atom is -0.317 e. The number of thiazole rings is 1. The highest BCUT2D eigenvalue weighted by Crippen LogP contribution is 2.28. The summed E-state index contributed by atoms with van der Waals surface area (Å²) in [5.74, 6) is 0.916. The van der Waals surface area contributed by atoms with Crippen LogP contribution in [0.5, 0.6) is 0 Å². The van der Waals surface area contributed by atoms with Gasteiger partial charge in [0.25, 0.3) is 0 Å². The monoisotopic (exact) mass is 302 g/mol. The van der Waals surface area contributed by atoms with Crippen molar-refractivity contribution in [3.05, 3.63) is 29.3 Å². The molecular formula is C18H26N2S. The summed E-state index contributed by atoms with van der Waals surface area (Å²) in [6.45, 7) is 0. The van der Waals surface area contributed by atoms with Gasteiger partial charge in [-0.2, -0.15) is 0 Å². The van der Waals surface area contributed by atoms with E-state index in [1.807, 2.05) is 11.3 Å². The normalized spacial score (nSPS) is 18.7. The molecule has 1 aromatic heterocycles. The Bertz CT molecular complexity index is 522. The molecule has 0 radical (unpaired) electrons. The maximum Gasteiger partial charge on any atom is 0.0954 e. The lowest BCUT2D eigenvalue weighted by Gasteiger charge is -2.21. The SMILES string of the molecule is CNC(Cc1nc2ccccc2s1)CC1CCCCCC1. The molecule has 1 heterocycles.